The van der Waals surface area contributed by atoms with Gasteiger partial charge in [-0.25, -0.2) is 9.37 Å². The smallest absolute Gasteiger partial charge is 0.269 e. The van der Waals surface area contributed by atoms with E-state index in [4.69, 9.17) is 4.74 Å². The number of carbonyl (C=O) groups is 1. The fourth-order valence-corrected chi connectivity index (χ4v) is 1.63. The van der Waals surface area contributed by atoms with Crippen molar-refractivity contribution in [3.63, 3.8) is 0 Å². The molecule has 1 aromatic rings. The highest BCUT2D eigenvalue weighted by Crippen LogP contribution is 2.16. The quantitative estimate of drug-likeness (QED) is 0.787. The van der Waals surface area contributed by atoms with Crippen molar-refractivity contribution in [1.29, 1.82) is 0 Å². The number of nitrogens with one attached hydrogen (secondary N) is 2. The highest BCUT2D eigenvalue weighted by atomic mass is 19.1. The molecule has 5 nitrogen and oxygen atoms in total. The van der Waals surface area contributed by atoms with Crippen molar-refractivity contribution in [2.24, 2.45) is 0 Å². The lowest BCUT2D eigenvalue weighted by Gasteiger charge is -2.14. The second-order valence-corrected chi connectivity index (χ2v) is 3.79. The number of alkyl halides is 1. The van der Waals surface area contributed by atoms with Gasteiger partial charge in [0.05, 0.1) is 6.20 Å². The molecule has 2 rings (SSSR count). The molecule has 2 heterocycles. The maximum absolute atomic E-state index is 13.3. The van der Waals surface area contributed by atoms with Gasteiger partial charge in [0.15, 0.2) is 6.17 Å². The first-order chi connectivity index (χ1) is 8.20. The number of hydrogen-bond donors (Lipinski definition) is 2. The molecule has 0 saturated carbocycles. The number of amides is 1. The summed E-state index contributed by atoms with van der Waals surface area (Å²) in [5.41, 5.74) is 0.307. The van der Waals surface area contributed by atoms with Crippen molar-refractivity contribution in [3.8, 4) is 5.75 Å². The number of hydrogen-bond acceptors (Lipinski definition) is 4. The minimum absolute atomic E-state index is 0.262. The lowest BCUT2D eigenvalue weighted by molar-refractivity contribution is 0.0957. The number of rotatable bonds is 3. The Bertz CT molecular complexity index is 396. The zero-order valence-electron chi connectivity index (χ0n) is 9.44. The Morgan fingerprint density at radius 1 is 1.59 bits per heavy atom. The monoisotopic (exact) mass is 239 g/mol. The van der Waals surface area contributed by atoms with Gasteiger partial charge in [0.1, 0.15) is 17.5 Å². The average molecular weight is 239 g/mol. The summed E-state index contributed by atoms with van der Waals surface area (Å²) in [5, 5.41) is 5.37. The fraction of sp³-hybridized carbons (Fsp3) is 0.455. The molecule has 1 fully saturated rings. The Morgan fingerprint density at radius 3 is 2.94 bits per heavy atom. The van der Waals surface area contributed by atoms with Gasteiger partial charge >= 0.3 is 0 Å². The van der Waals surface area contributed by atoms with E-state index >= 15 is 0 Å². The molecule has 6 heteroatoms. The van der Waals surface area contributed by atoms with E-state index in [-0.39, 0.29) is 5.91 Å². The Hall–Kier alpha value is -1.69. The first kappa shape index (κ1) is 11.8. The summed E-state index contributed by atoms with van der Waals surface area (Å²) in [6.07, 6.45) is -0.0634. The summed E-state index contributed by atoms with van der Waals surface area (Å²) >= 11 is 0. The van der Waals surface area contributed by atoms with E-state index in [1.807, 2.05) is 0 Å². The number of aromatic nitrogens is 1. The summed E-state index contributed by atoms with van der Waals surface area (Å²) in [4.78, 5) is 15.2. The van der Waals surface area contributed by atoms with E-state index in [0.29, 0.717) is 24.5 Å². The molecule has 0 spiro atoms. The van der Waals surface area contributed by atoms with Crippen molar-refractivity contribution in [2.75, 3.05) is 20.1 Å². The van der Waals surface area contributed by atoms with E-state index in [1.54, 1.807) is 12.1 Å². The van der Waals surface area contributed by atoms with Crippen LogP contribution in [-0.4, -0.2) is 43.3 Å². The molecule has 0 radical (unpaired) electrons. The van der Waals surface area contributed by atoms with Crippen LogP contribution in [0.15, 0.2) is 18.3 Å². The minimum Gasteiger partial charge on any atom is -0.484 e. The normalized spacial score (nSPS) is 23.4. The third kappa shape index (κ3) is 2.71. The third-order valence-corrected chi connectivity index (χ3v) is 2.57. The molecule has 0 aromatic carbocycles. The zero-order chi connectivity index (χ0) is 12.3. The summed E-state index contributed by atoms with van der Waals surface area (Å²) in [7, 11) is 1.53. The topological polar surface area (TPSA) is 63.2 Å². The highest BCUT2D eigenvalue weighted by molar-refractivity contribution is 5.91. The van der Waals surface area contributed by atoms with Crippen molar-refractivity contribution in [2.45, 2.75) is 12.3 Å². The number of ether oxygens (including phenoxy) is 1. The van der Waals surface area contributed by atoms with Gasteiger partial charge in [-0.1, -0.05) is 0 Å². The number of halogens is 1. The molecule has 1 aliphatic heterocycles. The first-order valence-corrected chi connectivity index (χ1v) is 5.40. The maximum Gasteiger partial charge on any atom is 0.269 e. The molecule has 2 N–H and O–H groups in total. The van der Waals surface area contributed by atoms with Gasteiger partial charge in [-0.15, -0.1) is 0 Å². The van der Waals surface area contributed by atoms with Crippen LogP contribution in [-0.2, 0) is 0 Å². The van der Waals surface area contributed by atoms with E-state index in [0.717, 1.165) is 0 Å². The molecular formula is C11H14FN3O2. The lowest BCUT2D eigenvalue weighted by atomic mass is 10.3. The lowest BCUT2D eigenvalue weighted by Crippen LogP contribution is -2.27. The number of carbonyl (C=O) groups excluding carboxylic acids is 1. The van der Waals surface area contributed by atoms with Gasteiger partial charge in [0.25, 0.3) is 5.91 Å². The molecule has 92 valence electrons. The minimum atomic E-state index is -1.01. The average Bonchev–Trinajstić information content (AvgIpc) is 2.75. The standard InChI is InChI=1S/C11H14FN3O2/c1-13-11(16)9-3-2-7(4-15-9)17-10-6-14-5-8(10)12/h2-4,8,10,14H,5-6H2,1H3,(H,13,16)/t8-,10-/m0/s1. The maximum atomic E-state index is 13.3. The molecular weight excluding hydrogens is 225 g/mol. The van der Waals surface area contributed by atoms with Crippen LogP contribution in [0.25, 0.3) is 0 Å². The van der Waals surface area contributed by atoms with Gasteiger partial charge in [-0.05, 0) is 12.1 Å². The van der Waals surface area contributed by atoms with E-state index < -0.39 is 12.3 Å². The summed E-state index contributed by atoms with van der Waals surface area (Å²) < 4.78 is 18.7. The zero-order valence-corrected chi connectivity index (χ0v) is 9.44. The van der Waals surface area contributed by atoms with Crippen molar-refractivity contribution >= 4 is 5.91 Å². The first-order valence-electron chi connectivity index (χ1n) is 5.40. The second-order valence-electron chi connectivity index (χ2n) is 3.79. The van der Waals surface area contributed by atoms with Gasteiger partial charge in [-0.3, -0.25) is 4.79 Å². The predicted molar refractivity (Wildman–Crippen MR) is 59.8 cm³/mol. The number of nitrogens with zero attached hydrogens (tertiary/aromatic N) is 1. The van der Waals surface area contributed by atoms with Crippen molar-refractivity contribution in [1.82, 2.24) is 15.6 Å². The molecule has 0 unspecified atom stereocenters. The third-order valence-electron chi connectivity index (χ3n) is 2.57. The van der Waals surface area contributed by atoms with Crippen LogP contribution in [0.5, 0.6) is 5.75 Å². The van der Waals surface area contributed by atoms with E-state index in [9.17, 15) is 9.18 Å². The molecule has 1 amide bonds. The Balaban J connectivity index is 2.00. The summed E-state index contributed by atoms with van der Waals surface area (Å²) in [5.74, 6) is 0.205. The molecule has 0 aliphatic carbocycles. The molecule has 1 saturated heterocycles. The molecule has 2 atom stereocenters. The van der Waals surface area contributed by atoms with Crippen LogP contribution in [0.1, 0.15) is 10.5 Å². The van der Waals surface area contributed by atoms with Gasteiger partial charge in [0.2, 0.25) is 0 Å². The van der Waals surface area contributed by atoms with Crippen LogP contribution in [0.3, 0.4) is 0 Å². The molecule has 1 aliphatic rings. The van der Waals surface area contributed by atoms with E-state index in [2.05, 4.69) is 15.6 Å². The van der Waals surface area contributed by atoms with Crippen molar-refractivity contribution in [3.05, 3.63) is 24.0 Å². The molecule has 17 heavy (non-hydrogen) atoms. The van der Waals surface area contributed by atoms with Crippen molar-refractivity contribution < 1.29 is 13.9 Å². The predicted octanol–water partition coefficient (Wildman–Crippen LogP) is 0.130. The van der Waals surface area contributed by atoms with Crippen LogP contribution >= 0.6 is 0 Å². The van der Waals surface area contributed by atoms with Gasteiger partial charge in [0, 0.05) is 20.1 Å². The Kier molecular flexibility index (Phi) is 3.53. The SMILES string of the molecule is CNC(=O)c1ccc(O[C@H]2CNC[C@@H]2F)cn1. The molecule has 1 aromatic heterocycles. The second kappa shape index (κ2) is 5.09. The van der Waals surface area contributed by atoms with Crippen LogP contribution in [0.4, 0.5) is 4.39 Å². The Morgan fingerprint density at radius 2 is 2.41 bits per heavy atom. The fourth-order valence-electron chi connectivity index (χ4n) is 1.63. The van der Waals surface area contributed by atoms with Gasteiger partial charge < -0.3 is 15.4 Å². The van der Waals surface area contributed by atoms with Crippen LogP contribution in [0.2, 0.25) is 0 Å². The Labute approximate surface area is 98.4 Å². The van der Waals surface area contributed by atoms with Crippen LogP contribution < -0.4 is 15.4 Å². The summed E-state index contributed by atoms with van der Waals surface area (Å²) in [6.45, 7) is 0.798. The summed E-state index contributed by atoms with van der Waals surface area (Å²) in [6, 6.07) is 3.16. The number of pyridine rings is 1. The largest absolute Gasteiger partial charge is 0.484 e. The van der Waals surface area contributed by atoms with Gasteiger partial charge in [-0.2, -0.15) is 0 Å². The van der Waals surface area contributed by atoms with Crippen LogP contribution in [0, 0.1) is 0 Å². The highest BCUT2D eigenvalue weighted by Gasteiger charge is 2.28. The van der Waals surface area contributed by atoms with E-state index in [1.165, 1.54) is 13.2 Å². The molecule has 0 bridgehead atoms.